The third kappa shape index (κ3) is 5.51. The number of nitrogens with zero attached hydrogens (tertiary/aromatic N) is 7. The highest BCUT2D eigenvalue weighted by atomic mass is 16.2. The highest BCUT2D eigenvalue weighted by Gasteiger charge is 2.21. The number of carbonyl (C=O) groups is 1. The van der Waals surface area contributed by atoms with Gasteiger partial charge in [0.1, 0.15) is 5.82 Å². The number of aromatic nitrogens is 8. The highest BCUT2D eigenvalue weighted by Crippen LogP contribution is 2.28. The van der Waals surface area contributed by atoms with Gasteiger partial charge in [0.2, 0.25) is 11.6 Å². The normalized spacial score (nSPS) is 11.5. The van der Waals surface area contributed by atoms with Crippen LogP contribution in [0.4, 0.5) is 0 Å². The lowest BCUT2D eigenvalue weighted by molar-refractivity contribution is 0.0908. The van der Waals surface area contributed by atoms with E-state index in [0.717, 1.165) is 41.1 Å². The fourth-order valence-corrected chi connectivity index (χ4v) is 3.53. The van der Waals surface area contributed by atoms with Crippen molar-refractivity contribution in [3.63, 3.8) is 0 Å². The number of benzene rings is 1. The minimum absolute atomic E-state index is 0.194. The number of unbranched alkanes of at least 4 members (excludes halogenated alkanes) is 1. The van der Waals surface area contributed by atoms with E-state index >= 15 is 0 Å². The number of amides is 1. The van der Waals surface area contributed by atoms with Crippen molar-refractivity contribution in [1.29, 1.82) is 0 Å². The molecule has 2 N–H and O–H groups in total. The Kier molecular flexibility index (Phi) is 6.76. The van der Waals surface area contributed by atoms with Crippen LogP contribution in [-0.2, 0) is 13.0 Å². The van der Waals surface area contributed by atoms with Crippen molar-refractivity contribution in [2.45, 2.75) is 59.0 Å². The molecule has 1 amide bonds. The molecule has 4 rings (SSSR count). The summed E-state index contributed by atoms with van der Waals surface area (Å²) in [7, 11) is 0. The highest BCUT2D eigenvalue weighted by molar-refractivity contribution is 5.90. The number of carbonyl (C=O) groups excluding carboxylic acids is 1. The Balaban J connectivity index is 1.57. The number of tetrazole rings is 1. The van der Waals surface area contributed by atoms with E-state index in [2.05, 4.69) is 47.9 Å². The van der Waals surface area contributed by atoms with Crippen molar-refractivity contribution in [3.8, 4) is 22.6 Å². The van der Waals surface area contributed by atoms with Gasteiger partial charge in [0, 0.05) is 35.8 Å². The van der Waals surface area contributed by atoms with Gasteiger partial charge in [-0.1, -0.05) is 43.7 Å². The molecule has 10 nitrogen and oxygen atoms in total. The van der Waals surface area contributed by atoms with E-state index in [1.54, 1.807) is 0 Å². The zero-order valence-electron chi connectivity index (χ0n) is 19.9. The van der Waals surface area contributed by atoms with E-state index < -0.39 is 0 Å². The smallest absolute Gasteiger partial charge is 0.291 e. The Labute approximate surface area is 198 Å². The molecular weight excluding hydrogens is 430 g/mol. The van der Waals surface area contributed by atoms with Gasteiger partial charge in [-0.05, 0) is 44.0 Å². The van der Waals surface area contributed by atoms with Crippen LogP contribution in [0.1, 0.15) is 62.5 Å². The molecule has 1 aromatic carbocycles. The topological polar surface area (TPSA) is 127 Å². The van der Waals surface area contributed by atoms with Crippen molar-refractivity contribution in [2.24, 2.45) is 0 Å². The van der Waals surface area contributed by atoms with Gasteiger partial charge in [0.05, 0.1) is 5.69 Å². The lowest BCUT2D eigenvalue weighted by Crippen LogP contribution is -2.41. The number of rotatable bonds is 8. The molecule has 10 heteroatoms. The molecule has 176 valence electrons. The molecule has 0 fully saturated rings. The van der Waals surface area contributed by atoms with E-state index in [1.165, 1.54) is 0 Å². The molecule has 0 aliphatic carbocycles. The Morgan fingerprint density at radius 1 is 1.12 bits per heavy atom. The summed E-state index contributed by atoms with van der Waals surface area (Å²) in [6, 6.07) is 11.8. The quantitative estimate of drug-likeness (QED) is 0.413. The fraction of sp³-hybridized carbons (Fsp3) is 0.375. The second kappa shape index (κ2) is 9.90. The van der Waals surface area contributed by atoms with Crippen LogP contribution in [-0.4, -0.2) is 51.8 Å². The second-order valence-corrected chi connectivity index (χ2v) is 9.14. The van der Waals surface area contributed by atoms with Crippen LogP contribution in [0.3, 0.4) is 0 Å². The van der Waals surface area contributed by atoms with Gasteiger partial charge in [-0.25, -0.2) is 9.67 Å². The first-order valence-electron chi connectivity index (χ1n) is 11.4. The average Bonchev–Trinajstić information content (AvgIpc) is 3.48. The van der Waals surface area contributed by atoms with Gasteiger partial charge >= 0.3 is 0 Å². The minimum atomic E-state index is -0.357. The predicted octanol–water partition coefficient (Wildman–Crippen LogP) is 3.44. The molecule has 3 aromatic heterocycles. The number of hydrogen-bond acceptors (Lipinski definition) is 7. The first kappa shape index (κ1) is 23.2. The van der Waals surface area contributed by atoms with E-state index in [9.17, 15) is 4.79 Å². The standard InChI is InChI=1S/C24H29N9O/c1-5-6-13-33-20(26-22(30-33)23(34)27-24(2,3)4)14-16-11-12-19(25-15-16)17-9-7-8-10-18(17)21-28-31-32-29-21/h7-12,15H,5-6,13-14H2,1-4H3,(H,27,34)(H,28,29,31,32). The molecule has 0 atom stereocenters. The van der Waals surface area contributed by atoms with Crippen LogP contribution in [0, 0.1) is 0 Å². The van der Waals surface area contributed by atoms with Crippen molar-refractivity contribution in [3.05, 3.63) is 59.8 Å². The summed E-state index contributed by atoms with van der Waals surface area (Å²) >= 11 is 0. The van der Waals surface area contributed by atoms with E-state index in [0.29, 0.717) is 18.8 Å². The Hall–Kier alpha value is -3.95. The van der Waals surface area contributed by atoms with Crippen LogP contribution in [0.2, 0.25) is 0 Å². The first-order chi connectivity index (χ1) is 16.3. The summed E-state index contributed by atoms with van der Waals surface area (Å²) in [5.41, 5.74) is 3.20. The van der Waals surface area contributed by atoms with Gasteiger partial charge in [-0.15, -0.1) is 15.3 Å². The summed E-state index contributed by atoms with van der Waals surface area (Å²) in [6.07, 6.45) is 4.34. The molecule has 0 bridgehead atoms. The van der Waals surface area contributed by atoms with E-state index in [4.69, 9.17) is 0 Å². The Morgan fingerprint density at radius 3 is 2.56 bits per heavy atom. The maximum absolute atomic E-state index is 12.6. The SMILES string of the molecule is CCCCn1nc(C(=O)NC(C)(C)C)nc1Cc1ccc(-c2ccccc2-c2nn[nH]n2)nc1. The molecule has 0 aliphatic heterocycles. The average molecular weight is 460 g/mol. The van der Waals surface area contributed by atoms with Crippen LogP contribution in [0.5, 0.6) is 0 Å². The largest absolute Gasteiger partial charge is 0.345 e. The molecule has 0 spiro atoms. The second-order valence-electron chi connectivity index (χ2n) is 9.14. The molecule has 0 aliphatic rings. The minimum Gasteiger partial charge on any atom is -0.345 e. The maximum atomic E-state index is 12.6. The van der Waals surface area contributed by atoms with E-state index in [-0.39, 0.29) is 17.3 Å². The molecule has 0 unspecified atom stereocenters. The molecule has 3 heterocycles. The lowest BCUT2D eigenvalue weighted by atomic mass is 10.0. The molecule has 0 saturated carbocycles. The summed E-state index contributed by atoms with van der Waals surface area (Å²) in [4.78, 5) is 21.8. The van der Waals surface area contributed by atoms with Gasteiger partial charge in [0.25, 0.3) is 5.91 Å². The Morgan fingerprint density at radius 2 is 1.91 bits per heavy atom. The summed E-state index contributed by atoms with van der Waals surface area (Å²) in [6.45, 7) is 8.64. The number of nitrogens with one attached hydrogen (secondary N) is 2. The van der Waals surface area contributed by atoms with Crippen LogP contribution in [0.15, 0.2) is 42.6 Å². The van der Waals surface area contributed by atoms with Crippen molar-refractivity contribution < 1.29 is 4.79 Å². The molecular formula is C24H29N9O. The third-order valence-corrected chi connectivity index (χ3v) is 5.14. The predicted molar refractivity (Wildman–Crippen MR) is 128 cm³/mol. The van der Waals surface area contributed by atoms with Crippen molar-refractivity contribution in [1.82, 2.24) is 45.7 Å². The van der Waals surface area contributed by atoms with Crippen LogP contribution >= 0.6 is 0 Å². The summed E-state index contributed by atoms with van der Waals surface area (Å²) < 4.78 is 1.83. The van der Waals surface area contributed by atoms with Crippen LogP contribution < -0.4 is 5.32 Å². The third-order valence-electron chi connectivity index (χ3n) is 5.14. The monoisotopic (exact) mass is 459 g/mol. The van der Waals surface area contributed by atoms with Crippen molar-refractivity contribution in [2.75, 3.05) is 0 Å². The molecule has 0 radical (unpaired) electrons. The molecule has 4 aromatic rings. The van der Waals surface area contributed by atoms with Gasteiger partial charge in [-0.3, -0.25) is 9.78 Å². The molecule has 34 heavy (non-hydrogen) atoms. The lowest BCUT2D eigenvalue weighted by Gasteiger charge is -2.18. The first-order valence-corrected chi connectivity index (χ1v) is 11.4. The molecule has 0 saturated heterocycles. The fourth-order valence-electron chi connectivity index (χ4n) is 3.53. The van der Waals surface area contributed by atoms with Crippen LogP contribution in [0.25, 0.3) is 22.6 Å². The number of hydrogen-bond donors (Lipinski definition) is 2. The zero-order chi connectivity index (χ0) is 24.1. The van der Waals surface area contributed by atoms with Gasteiger partial charge < -0.3 is 5.32 Å². The summed E-state index contributed by atoms with van der Waals surface area (Å²) in [5.74, 6) is 1.19. The van der Waals surface area contributed by atoms with Crippen molar-refractivity contribution >= 4 is 5.91 Å². The number of aromatic amines is 1. The number of aryl methyl sites for hydroxylation is 1. The zero-order valence-corrected chi connectivity index (χ0v) is 19.9. The number of pyridine rings is 1. The Bertz CT molecular complexity index is 1240. The van der Waals surface area contributed by atoms with Gasteiger partial charge in [-0.2, -0.15) is 5.21 Å². The number of H-pyrrole nitrogens is 1. The summed E-state index contributed by atoms with van der Waals surface area (Å²) in [5, 5.41) is 21.7. The maximum Gasteiger partial charge on any atom is 0.291 e. The van der Waals surface area contributed by atoms with E-state index in [1.807, 2.05) is 68.0 Å². The van der Waals surface area contributed by atoms with Gasteiger partial charge in [0.15, 0.2) is 0 Å².